The van der Waals surface area contributed by atoms with Gasteiger partial charge in [-0.25, -0.2) is 0 Å². The van der Waals surface area contributed by atoms with E-state index in [1.54, 1.807) is 0 Å². The van der Waals surface area contributed by atoms with Crippen LogP contribution < -0.4 is 5.32 Å². The van der Waals surface area contributed by atoms with Crippen LogP contribution in [0.4, 0.5) is 18.9 Å². The number of likely N-dealkylation sites (tertiary alicyclic amines) is 1. The molecule has 1 unspecified atom stereocenters. The lowest BCUT2D eigenvalue weighted by molar-refractivity contribution is -0.187. The van der Waals surface area contributed by atoms with Crippen molar-refractivity contribution < 1.29 is 13.2 Å². The van der Waals surface area contributed by atoms with Gasteiger partial charge in [-0.15, -0.1) is 0 Å². The van der Waals surface area contributed by atoms with Crippen LogP contribution in [0.15, 0.2) is 18.2 Å². The molecular formula is C15H19F3N2. The minimum absolute atomic E-state index is 0.132. The first kappa shape index (κ1) is 13.7. The fourth-order valence-corrected chi connectivity index (χ4v) is 3.25. The zero-order valence-corrected chi connectivity index (χ0v) is 11.3. The van der Waals surface area contributed by atoms with Crippen LogP contribution in [0, 0.1) is 5.92 Å². The second-order valence-electron chi connectivity index (χ2n) is 5.74. The maximum Gasteiger partial charge on any atom is 0.393 e. The molecule has 1 N–H and O–H groups in total. The van der Waals surface area contributed by atoms with Gasteiger partial charge in [-0.2, -0.15) is 13.2 Å². The number of halogens is 3. The van der Waals surface area contributed by atoms with Crippen molar-refractivity contribution in [3.63, 3.8) is 0 Å². The van der Waals surface area contributed by atoms with Gasteiger partial charge in [0.05, 0.1) is 5.92 Å². The van der Waals surface area contributed by atoms with E-state index in [1.807, 2.05) is 17.0 Å². The third-order valence-corrected chi connectivity index (χ3v) is 4.30. The summed E-state index contributed by atoms with van der Waals surface area (Å²) in [6.07, 6.45) is -2.15. The summed E-state index contributed by atoms with van der Waals surface area (Å²) >= 11 is 0. The van der Waals surface area contributed by atoms with Crippen molar-refractivity contribution in [3.05, 3.63) is 29.3 Å². The summed E-state index contributed by atoms with van der Waals surface area (Å²) < 4.78 is 38.5. The summed E-state index contributed by atoms with van der Waals surface area (Å²) in [7, 11) is 0. The molecule has 20 heavy (non-hydrogen) atoms. The van der Waals surface area contributed by atoms with E-state index in [9.17, 15) is 13.2 Å². The van der Waals surface area contributed by atoms with Crippen molar-refractivity contribution in [3.8, 4) is 0 Å². The molecule has 3 rings (SSSR count). The van der Waals surface area contributed by atoms with Gasteiger partial charge in [0.25, 0.3) is 0 Å². The van der Waals surface area contributed by atoms with Gasteiger partial charge in [0, 0.05) is 25.3 Å². The van der Waals surface area contributed by atoms with Gasteiger partial charge in [-0.1, -0.05) is 18.2 Å². The molecule has 1 fully saturated rings. The number of benzene rings is 1. The van der Waals surface area contributed by atoms with Crippen LogP contribution in [0.25, 0.3) is 0 Å². The summed E-state index contributed by atoms with van der Waals surface area (Å²) in [5, 5.41) is 3.35. The molecule has 110 valence electrons. The van der Waals surface area contributed by atoms with Crippen molar-refractivity contribution in [2.75, 3.05) is 25.0 Å². The van der Waals surface area contributed by atoms with Crippen LogP contribution in [0.1, 0.15) is 24.0 Å². The fraction of sp³-hybridized carbons (Fsp3) is 0.600. The monoisotopic (exact) mass is 284 g/mol. The summed E-state index contributed by atoms with van der Waals surface area (Å²) in [5.41, 5.74) is 3.55. The highest BCUT2D eigenvalue weighted by molar-refractivity contribution is 5.61. The van der Waals surface area contributed by atoms with Gasteiger partial charge in [0.1, 0.15) is 0 Å². The molecule has 2 heterocycles. The Bertz CT molecular complexity index is 484. The van der Waals surface area contributed by atoms with Gasteiger partial charge < -0.3 is 5.32 Å². The molecule has 0 saturated carbocycles. The van der Waals surface area contributed by atoms with Crippen molar-refractivity contribution in [1.29, 1.82) is 0 Å². The Kier molecular flexibility index (Phi) is 3.63. The highest BCUT2D eigenvalue weighted by atomic mass is 19.4. The standard InChI is InChI=1S/C15H19F3N2/c16-15(17,18)13-5-2-8-20(10-13)9-12-4-1-3-11-6-7-19-14(11)12/h1,3-4,13,19H,2,5-10H2. The molecule has 2 aliphatic heterocycles. The third-order valence-electron chi connectivity index (χ3n) is 4.30. The molecule has 0 aliphatic carbocycles. The van der Waals surface area contributed by atoms with Gasteiger partial charge >= 0.3 is 6.18 Å². The Balaban J connectivity index is 1.71. The van der Waals surface area contributed by atoms with Crippen LogP contribution in [-0.4, -0.2) is 30.7 Å². The quantitative estimate of drug-likeness (QED) is 0.895. The number of hydrogen-bond donors (Lipinski definition) is 1. The lowest BCUT2D eigenvalue weighted by atomic mass is 9.96. The lowest BCUT2D eigenvalue weighted by Gasteiger charge is -2.34. The maximum absolute atomic E-state index is 12.8. The molecular weight excluding hydrogens is 265 g/mol. The van der Waals surface area contributed by atoms with Crippen molar-refractivity contribution in [2.45, 2.75) is 32.0 Å². The van der Waals surface area contributed by atoms with Crippen LogP contribution in [0.2, 0.25) is 0 Å². The van der Waals surface area contributed by atoms with Crippen molar-refractivity contribution in [2.24, 2.45) is 5.92 Å². The predicted molar refractivity (Wildman–Crippen MR) is 72.7 cm³/mol. The maximum atomic E-state index is 12.8. The van der Waals surface area contributed by atoms with Crippen molar-refractivity contribution >= 4 is 5.69 Å². The Morgan fingerprint density at radius 2 is 2.15 bits per heavy atom. The molecule has 1 aromatic carbocycles. The van der Waals surface area contributed by atoms with E-state index in [1.165, 1.54) is 5.56 Å². The van der Waals surface area contributed by atoms with E-state index in [2.05, 4.69) is 11.4 Å². The minimum atomic E-state index is -4.06. The average molecular weight is 284 g/mol. The zero-order chi connectivity index (χ0) is 14.2. The number of fused-ring (bicyclic) bond motifs is 1. The van der Waals surface area contributed by atoms with E-state index in [4.69, 9.17) is 0 Å². The van der Waals surface area contributed by atoms with E-state index >= 15 is 0 Å². The minimum Gasteiger partial charge on any atom is -0.384 e. The molecule has 2 aliphatic rings. The molecule has 0 radical (unpaired) electrons. The van der Waals surface area contributed by atoms with Crippen LogP contribution in [-0.2, 0) is 13.0 Å². The highest BCUT2D eigenvalue weighted by Gasteiger charge is 2.41. The topological polar surface area (TPSA) is 15.3 Å². The van der Waals surface area contributed by atoms with Crippen LogP contribution >= 0.6 is 0 Å². The Morgan fingerprint density at radius 3 is 2.95 bits per heavy atom. The second-order valence-corrected chi connectivity index (χ2v) is 5.74. The van der Waals surface area contributed by atoms with Crippen molar-refractivity contribution in [1.82, 2.24) is 4.90 Å². The van der Waals surface area contributed by atoms with Gasteiger partial charge in [0.2, 0.25) is 0 Å². The van der Waals surface area contributed by atoms with Gasteiger partial charge in [-0.3, -0.25) is 4.90 Å². The predicted octanol–water partition coefficient (Wildman–Crippen LogP) is 3.43. The number of nitrogens with zero attached hydrogens (tertiary/aromatic N) is 1. The van der Waals surface area contributed by atoms with E-state index in [0.717, 1.165) is 30.8 Å². The fourth-order valence-electron chi connectivity index (χ4n) is 3.25. The molecule has 1 saturated heterocycles. The normalized spacial score (nSPS) is 23.4. The van der Waals surface area contributed by atoms with E-state index < -0.39 is 12.1 Å². The molecule has 5 heteroatoms. The third kappa shape index (κ3) is 2.77. The molecule has 0 spiro atoms. The second kappa shape index (κ2) is 5.28. The lowest BCUT2D eigenvalue weighted by Crippen LogP contribution is -2.41. The SMILES string of the molecule is FC(F)(F)C1CCCN(Cc2cccc3c2NCC3)C1. The number of hydrogen-bond acceptors (Lipinski definition) is 2. The zero-order valence-electron chi connectivity index (χ0n) is 11.3. The Morgan fingerprint density at radius 1 is 1.30 bits per heavy atom. The summed E-state index contributed by atoms with van der Waals surface area (Å²) in [4.78, 5) is 1.94. The highest BCUT2D eigenvalue weighted by Crippen LogP contribution is 2.34. The first-order chi connectivity index (χ1) is 9.54. The molecule has 0 amide bonds. The van der Waals surface area contributed by atoms with Gasteiger partial charge in [0.15, 0.2) is 0 Å². The molecule has 2 nitrogen and oxygen atoms in total. The molecule has 1 atom stereocenters. The van der Waals surface area contributed by atoms with Crippen LogP contribution in [0.3, 0.4) is 0 Å². The first-order valence-electron chi connectivity index (χ1n) is 7.18. The summed E-state index contributed by atoms with van der Waals surface area (Å²) in [6.45, 7) is 2.43. The number of piperidine rings is 1. The summed E-state index contributed by atoms with van der Waals surface area (Å²) in [6, 6.07) is 6.12. The first-order valence-corrected chi connectivity index (χ1v) is 7.18. The number of anilines is 1. The van der Waals surface area contributed by atoms with E-state index in [0.29, 0.717) is 13.0 Å². The number of alkyl halides is 3. The van der Waals surface area contributed by atoms with Crippen LogP contribution in [0.5, 0.6) is 0 Å². The van der Waals surface area contributed by atoms with E-state index in [-0.39, 0.29) is 13.0 Å². The number of para-hydroxylation sites is 1. The molecule has 0 aromatic heterocycles. The Labute approximate surface area is 117 Å². The Hall–Kier alpha value is -1.23. The largest absolute Gasteiger partial charge is 0.393 e. The summed E-state index contributed by atoms with van der Waals surface area (Å²) in [5.74, 6) is -1.17. The smallest absolute Gasteiger partial charge is 0.384 e. The number of rotatable bonds is 2. The van der Waals surface area contributed by atoms with Gasteiger partial charge in [-0.05, 0) is 36.9 Å². The molecule has 0 bridgehead atoms. The average Bonchev–Trinajstić information content (AvgIpc) is 2.87. The number of nitrogens with one attached hydrogen (secondary N) is 1. The molecule has 1 aromatic rings.